The Kier molecular flexibility index (Phi) is 8.26. The third-order valence-electron chi connectivity index (χ3n) is 8.18. The quantitative estimate of drug-likeness (QED) is 0.521. The minimum Gasteiger partial charge on any atom is -0.480 e. The lowest BCUT2D eigenvalue weighted by Crippen LogP contribution is -2.43. The van der Waals surface area contributed by atoms with Crippen molar-refractivity contribution in [2.75, 3.05) is 19.8 Å². The smallest absolute Gasteiger partial charge is 0.326 e. The van der Waals surface area contributed by atoms with Crippen LogP contribution in [0.1, 0.15) is 84.0 Å². The van der Waals surface area contributed by atoms with Gasteiger partial charge >= 0.3 is 5.97 Å². The molecule has 8 heteroatoms. The molecule has 1 amide bonds. The monoisotopic (exact) mass is 457 g/mol. The van der Waals surface area contributed by atoms with Crippen LogP contribution >= 0.6 is 7.37 Å². The highest BCUT2D eigenvalue weighted by Crippen LogP contribution is 2.58. The van der Waals surface area contributed by atoms with Crippen LogP contribution in [0.25, 0.3) is 0 Å². The molecule has 7 nitrogen and oxygen atoms in total. The molecular weight excluding hydrogens is 417 g/mol. The van der Waals surface area contributed by atoms with Crippen molar-refractivity contribution in [2.45, 2.75) is 95.4 Å². The molecular formula is C23H40NO6P. The molecule has 0 aromatic heterocycles. The number of methoxy groups -OCH3 is 1. The number of hydrogen-bond donors (Lipinski definition) is 2. The minimum absolute atomic E-state index is 0.166. The second-order valence-electron chi connectivity index (χ2n) is 10.2. The highest BCUT2D eigenvalue weighted by Gasteiger charge is 2.49. The second-order valence-corrected chi connectivity index (χ2v) is 12.9. The molecule has 31 heavy (non-hydrogen) atoms. The van der Waals surface area contributed by atoms with Gasteiger partial charge in [0.1, 0.15) is 17.5 Å². The Labute approximate surface area is 186 Å². The predicted molar refractivity (Wildman–Crippen MR) is 119 cm³/mol. The van der Waals surface area contributed by atoms with E-state index in [9.17, 15) is 24.2 Å². The lowest BCUT2D eigenvalue weighted by Gasteiger charge is -2.37. The predicted octanol–water partition coefficient (Wildman–Crippen LogP) is 4.47. The van der Waals surface area contributed by atoms with E-state index < -0.39 is 36.8 Å². The molecule has 0 spiro atoms. The fraction of sp³-hybridized carbons (Fsp3) is 0.913. The number of likely N-dealkylation sites (tertiary alicyclic amines) is 1. The molecule has 0 aromatic rings. The van der Waals surface area contributed by atoms with Gasteiger partial charge in [-0.25, -0.2) is 4.79 Å². The Hall–Kier alpha value is -0.910. The zero-order chi connectivity index (χ0) is 22.6. The molecule has 1 heterocycles. The van der Waals surface area contributed by atoms with Crippen molar-refractivity contribution in [1.82, 2.24) is 4.90 Å². The SMILES string of the molecule is COC(C)(CC1CCCCC1)P(=O)(O)CC(=O)N1CC(C2CCCCC2)CC1C(=O)O. The number of hydrogen-bond acceptors (Lipinski definition) is 4. The van der Waals surface area contributed by atoms with Gasteiger partial charge in [0, 0.05) is 13.7 Å². The molecule has 178 valence electrons. The third kappa shape index (κ3) is 5.72. The zero-order valence-electron chi connectivity index (χ0n) is 19.1. The summed E-state index contributed by atoms with van der Waals surface area (Å²) in [5.41, 5.74) is 0. The molecule has 3 rings (SSSR count). The van der Waals surface area contributed by atoms with Gasteiger partial charge in [-0.3, -0.25) is 9.36 Å². The van der Waals surface area contributed by atoms with Crippen LogP contribution in [-0.2, 0) is 18.9 Å². The molecule has 1 aliphatic heterocycles. The summed E-state index contributed by atoms with van der Waals surface area (Å²) in [4.78, 5) is 37.3. The van der Waals surface area contributed by atoms with Gasteiger partial charge in [-0.05, 0) is 37.5 Å². The molecule has 2 N–H and O–H groups in total. The van der Waals surface area contributed by atoms with Crippen LogP contribution < -0.4 is 0 Å². The number of rotatable bonds is 8. The normalized spacial score (nSPS) is 30.0. The maximum atomic E-state index is 13.4. The zero-order valence-corrected chi connectivity index (χ0v) is 20.0. The first-order valence-electron chi connectivity index (χ1n) is 12.1. The van der Waals surface area contributed by atoms with Crippen molar-refractivity contribution in [3.8, 4) is 0 Å². The van der Waals surface area contributed by atoms with Crippen molar-refractivity contribution < 1.29 is 28.9 Å². The summed E-state index contributed by atoms with van der Waals surface area (Å²) >= 11 is 0. The fourth-order valence-corrected chi connectivity index (χ4v) is 7.77. The molecule has 2 saturated carbocycles. The minimum atomic E-state index is -4.00. The van der Waals surface area contributed by atoms with E-state index in [1.165, 1.54) is 24.9 Å². The number of ether oxygens (including phenoxy) is 1. The Morgan fingerprint density at radius 2 is 1.61 bits per heavy atom. The van der Waals surface area contributed by atoms with Crippen LogP contribution in [0.2, 0.25) is 0 Å². The standard InChI is InChI=1S/C23H40NO6P/c1-23(30-2,14-17-9-5-3-6-10-17)31(28,29)16-21(25)24-15-19(13-20(24)22(26)27)18-11-7-4-8-12-18/h17-20H,3-16H2,1-2H3,(H,26,27)(H,28,29). The van der Waals surface area contributed by atoms with Gasteiger partial charge in [-0.2, -0.15) is 0 Å². The Morgan fingerprint density at radius 1 is 1.03 bits per heavy atom. The molecule has 3 fully saturated rings. The number of nitrogens with zero attached hydrogens (tertiary/aromatic N) is 1. The summed E-state index contributed by atoms with van der Waals surface area (Å²) in [5, 5.41) is 8.43. The average Bonchev–Trinajstić information content (AvgIpc) is 3.21. The summed E-state index contributed by atoms with van der Waals surface area (Å²) in [6.45, 7) is 2.02. The van der Waals surface area contributed by atoms with E-state index in [-0.39, 0.29) is 5.92 Å². The largest absolute Gasteiger partial charge is 0.480 e. The van der Waals surface area contributed by atoms with E-state index in [1.807, 2.05) is 0 Å². The second kappa shape index (κ2) is 10.4. The van der Waals surface area contributed by atoms with E-state index >= 15 is 0 Å². The topological polar surface area (TPSA) is 104 Å². The molecule has 0 bridgehead atoms. The van der Waals surface area contributed by atoms with Gasteiger partial charge in [0.2, 0.25) is 13.3 Å². The first kappa shape index (κ1) is 24.7. The lowest BCUT2D eigenvalue weighted by atomic mass is 9.79. The van der Waals surface area contributed by atoms with Gasteiger partial charge < -0.3 is 19.6 Å². The van der Waals surface area contributed by atoms with Crippen molar-refractivity contribution in [2.24, 2.45) is 17.8 Å². The number of carbonyl (C=O) groups is 2. The van der Waals surface area contributed by atoms with Crippen LogP contribution in [-0.4, -0.2) is 58.0 Å². The first-order valence-corrected chi connectivity index (χ1v) is 13.9. The van der Waals surface area contributed by atoms with Gasteiger partial charge in [0.05, 0.1) is 0 Å². The van der Waals surface area contributed by atoms with Crippen molar-refractivity contribution >= 4 is 19.2 Å². The van der Waals surface area contributed by atoms with Crippen LogP contribution in [0.3, 0.4) is 0 Å². The summed E-state index contributed by atoms with van der Waals surface area (Å²) in [6.07, 6.45) is 11.5. The Morgan fingerprint density at radius 3 is 2.16 bits per heavy atom. The Bertz CT molecular complexity index is 688. The fourth-order valence-electron chi connectivity index (χ4n) is 6.06. The summed E-state index contributed by atoms with van der Waals surface area (Å²) in [7, 11) is -2.57. The first-order chi connectivity index (χ1) is 14.7. The van der Waals surface area contributed by atoms with Crippen LogP contribution in [0.4, 0.5) is 0 Å². The van der Waals surface area contributed by atoms with Gasteiger partial charge in [0.15, 0.2) is 0 Å². The maximum Gasteiger partial charge on any atom is 0.326 e. The number of aliphatic carboxylic acids is 1. The van der Waals surface area contributed by atoms with E-state index in [2.05, 4.69) is 0 Å². The van der Waals surface area contributed by atoms with Crippen molar-refractivity contribution in [3.63, 3.8) is 0 Å². The molecule has 2 aliphatic carbocycles. The number of amides is 1. The summed E-state index contributed by atoms with van der Waals surface area (Å²) < 4.78 is 19.0. The molecule has 0 aromatic carbocycles. The van der Waals surface area contributed by atoms with E-state index in [1.54, 1.807) is 6.92 Å². The maximum absolute atomic E-state index is 13.4. The van der Waals surface area contributed by atoms with Crippen LogP contribution in [0.5, 0.6) is 0 Å². The number of carbonyl (C=O) groups excluding carboxylic acids is 1. The van der Waals surface area contributed by atoms with Crippen LogP contribution in [0.15, 0.2) is 0 Å². The number of carboxylic acid groups (broad SMARTS) is 1. The Balaban J connectivity index is 1.69. The van der Waals surface area contributed by atoms with Gasteiger partial charge in [-0.1, -0.05) is 64.2 Å². The lowest BCUT2D eigenvalue weighted by molar-refractivity contribution is -0.147. The van der Waals surface area contributed by atoms with E-state index in [0.29, 0.717) is 31.2 Å². The highest BCUT2D eigenvalue weighted by atomic mass is 31.2. The summed E-state index contributed by atoms with van der Waals surface area (Å²) in [5.74, 6) is -0.604. The van der Waals surface area contributed by atoms with Crippen molar-refractivity contribution in [1.29, 1.82) is 0 Å². The molecule has 0 radical (unpaired) electrons. The third-order valence-corrected chi connectivity index (χ3v) is 10.7. The molecule has 3 aliphatic rings. The molecule has 4 atom stereocenters. The molecule has 4 unspecified atom stereocenters. The van der Waals surface area contributed by atoms with Crippen molar-refractivity contribution in [3.05, 3.63) is 0 Å². The van der Waals surface area contributed by atoms with Gasteiger partial charge in [-0.15, -0.1) is 0 Å². The molecule has 1 saturated heterocycles. The highest BCUT2D eigenvalue weighted by molar-refractivity contribution is 7.60. The van der Waals surface area contributed by atoms with E-state index in [4.69, 9.17) is 4.74 Å². The average molecular weight is 458 g/mol. The van der Waals surface area contributed by atoms with Gasteiger partial charge in [0.25, 0.3) is 0 Å². The summed E-state index contributed by atoms with van der Waals surface area (Å²) in [6, 6.07) is -0.897. The number of carboxylic acids is 1. The van der Waals surface area contributed by atoms with E-state index in [0.717, 1.165) is 51.4 Å². The van der Waals surface area contributed by atoms with Crippen LogP contribution in [0, 0.1) is 17.8 Å².